The van der Waals surface area contributed by atoms with Crippen LogP contribution in [-0.4, -0.2) is 20.3 Å². The number of rotatable bonds is 6. The van der Waals surface area contributed by atoms with E-state index in [4.69, 9.17) is 4.63 Å². The summed E-state index contributed by atoms with van der Waals surface area (Å²) in [5.41, 5.74) is 3.73. The van der Waals surface area contributed by atoms with Crippen molar-refractivity contribution in [3.63, 3.8) is 0 Å². The minimum Gasteiger partial charge on any atom is -0.243 e. The van der Waals surface area contributed by atoms with E-state index in [-0.39, 0.29) is 0 Å². The van der Waals surface area contributed by atoms with E-state index in [0.717, 1.165) is 32.5 Å². The topological polar surface area (TPSA) is 64.7 Å². The zero-order valence-electron chi connectivity index (χ0n) is 12.2. The highest BCUT2D eigenvalue weighted by Crippen LogP contribution is 2.40. The third-order valence-corrected chi connectivity index (χ3v) is 7.73. The van der Waals surface area contributed by atoms with Crippen LogP contribution in [0.2, 0.25) is 0 Å². The van der Waals surface area contributed by atoms with Crippen LogP contribution >= 0.6 is 42.8 Å². The number of fused-ring (bicyclic) bond motifs is 1. The van der Waals surface area contributed by atoms with Gasteiger partial charge in [0.1, 0.15) is 11.0 Å². The van der Waals surface area contributed by atoms with Gasteiger partial charge in [-0.3, -0.25) is 0 Å². The molecule has 0 fully saturated rings. The second-order valence-corrected chi connectivity index (χ2v) is 9.68. The first-order valence-electron chi connectivity index (χ1n) is 6.93. The minimum absolute atomic E-state index is 0.773. The van der Waals surface area contributed by atoms with Crippen LogP contribution in [0.5, 0.6) is 0 Å². The minimum atomic E-state index is 0.773. The van der Waals surface area contributed by atoms with Crippen molar-refractivity contribution < 1.29 is 4.63 Å². The van der Waals surface area contributed by atoms with E-state index in [1.54, 1.807) is 48.9 Å². The fourth-order valence-corrected chi connectivity index (χ4v) is 5.95. The van der Waals surface area contributed by atoms with Gasteiger partial charge >= 0.3 is 0 Å². The summed E-state index contributed by atoms with van der Waals surface area (Å²) in [5, 5.41) is 10.5. The van der Waals surface area contributed by atoms with Crippen LogP contribution in [0.25, 0.3) is 21.6 Å². The largest absolute Gasteiger partial charge is 0.243 e. The first-order valence-corrected chi connectivity index (χ1v) is 11.5. The van der Waals surface area contributed by atoms with E-state index in [0.29, 0.717) is 0 Å². The van der Waals surface area contributed by atoms with Crippen LogP contribution in [-0.2, 0) is 5.75 Å². The molecule has 0 radical (unpaired) electrons. The molecule has 0 spiro atoms. The number of benzene rings is 1. The second-order valence-electron chi connectivity index (χ2n) is 4.70. The van der Waals surface area contributed by atoms with E-state index < -0.39 is 0 Å². The molecule has 0 atom stereocenters. The SMILES string of the molecule is c1csc(-c2ccnc(SSSCc3ccc4nonc4c3)n2)c1. The highest BCUT2D eigenvalue weighted by molar-refractivity contribution is 9.09. The molecule has 0 N–H and O–H groups in total. The monoisotopic (exact) mass is 390 g/mol. The molecule has 0 bridgehead atoms. The lowest BCUT2D eigenvalue weighted by atomic mass is 10.2. The van der Waals surface area contributed by atoms with Gasteiger partial charge in [-0.2, -0.15) is 0 Å². The first-order chi connectivity index (χ1) is 11.9. The van der Waals surface area contributed by atoms with Crippen LogP contribution in [0.4, 0.5) is 0 Å². The molecule has 3 aromatic heterocycles. The summed E-state index contributed by atoms with van der Waals surface area (Å²) in [7, 11) is 4.98. The highest BCUT2D eigenvalue weighted by atomic mass is 33.5. The molecule has 3 heterocycles. The standard InChI is InChI=1S/C15H10N4OS4/c1-2-14(21-7-1)12-5-6-16-15(17-12)23-24-22-9-10-3-4-11-13(8-10)19-20-18-11/h1-8H,9H2. The second kappa shape index (κ2) is 7.56. The Bertz CT molecular complexity index is 941. The van der Waals surface area contributed by atoms with Crippen LogP contribution in [0.15, 0.2) is 57.8 Å². The number of hydrogen-bond donors (Lipinski definition) is 0. The van der Waals surface area contributed by atoms with E-state index in [9.17, 15) is 0 Å². The Morgan fingerprint density at radius 1 is 1.08 bits per heavy atom. The average molecular weight is 391 g/mol. The van der Waals surface area contributed by atoms with Crippen molar-refractivity contribution in [1.82, 2.24) is 20.3 Å². The van der Waals surface area contributed by atoms with Crippen molar-refractivity contribution in [3.05, 3.63) is 53.5 Å². The predicted octanol–water partition coefficient (Wildman–Crippen LogP) is 5.33. The maximum absolute atomic E-state index is 4.71. The van der Waals surface area contributed by atoms with Gasteiger partial charge in [-0.15, -0.1) is 11.3 Å². The molecule has 0 saturated carbocycles. The molecule has 120 valence electrons. The summed E-state index contributed by atoms with van der Waals surface area (Å²) in [5.74, 6) is 0.866. The van der Waals surface area contributed by atoms with Crippen LogP contribution < -0.4 is 0 Å². The molecule has 4 rings (SSSR count). The molecule has 0 unspecified atom stereocenters. The Kier molecular flexibility index (Phi) is 5.02. The van der Waals surface area contributed by atoms with Gasteiger partial charge in [-0.05, 0) is 66.1 Å². The molecule has 5 nitrogen and oxygen atoms in total. The van der Waals surface area contributed by atoms with Gasteiger partial charge in [0.25, 0.3) is 0 Å². The number of hydrogen-bond acceptors (Lipinski definition) is 9. The third-order valence-electron chi connectivity index (χ3n) is 3.11. The number of aromatic nitrogens is 4. The Hall–Kier alpha value is -1.55. The Morgan fingerprint density at radius 2 is 2.04 bits per heavy atom. The lowest BCUT2D eigenvalue weighted by Crippen LogP contribution is -1.86. The number of thiophene rings is 1. The summed E-state index contributed by atoms with van der Waals surface area (Å²) in [6.45, 7) is 0. The fraction of sp³-hybridized carbons (Fsp3) is 0.0667. The summed E-state index contributed by atoms with van der Waals surface area (Å²) in [6, 6.07) is 12.0. The molecule has 0 aliphatic carbocycles. The lowest BCUT2D eigenvalue weighted by molar-refractivity contribution is 0.315. The zero-order valence-corrected chi connectivity index (χ0v) is 15.4. The van der Waals surface area contributed by atoms with Gasteiger partial charge in [0.2, 0.25) is 0 Å². The molecule has 0 aliphatic heterocycles. The molecule has 9 heteroatoms. The van der Waals surface area contributed by atoms with Crippen molar-refractivity contribution >= 4 is 53.8 Å². The van der Waals surface area contributed by atoms with Crippen LogP contribution in [0.3, 0.4) is 0 Å². The first kappa shape index (κ1) is 15.9. The predicted molar refractivity (Wildman–Crippen MR) is 102 cm³/mol. The molecule has 0 amide bonds. The van der Waals surface area contributed by atoms with Gasteiger partial charge in [-0.1, -0.05) is 22.9 Å². The third kappa shape index (κ3) is 3.75. The molecule has 4 aromatic rings. The summed E-state index contributed by atoms with van der Waals surface area (Å²) < 4.78 is 4.71. The van der Waals surface area contributed by atoms with E-state index >= 15 is 0 Å². The summed E-state index contributed by atoms with van der Waals surface area (Å²) >= 11 is 1.68. The molecule has 0 aliphatic rings. The average Bonchev–Trinajstić information content (AvgIpc) is 3.30. The molecule has 1 aromatic carbocycles. The molecule has 0 saturated heterocycles. The zero-order chi connectivity index (χ0) is 16.2. The van der Waals surface area contributed by atoms with E-state index in [2.05, 4.69) is 31.7 Å². The molecular formula is C15H10N4OS4. The molecule has 24 heavy (non-hydrogen) atoms. The van der Waals surface area contributed by atoms with Gasteiger partial charge in [0.05, 0.1) is 10.6 Å². The Morgan fingerprint density at radius 3 is 2.96 bits per heavy atom. The van der Waals surface area contributed by atoms with Crippen LogP contribution in [0, 0.1) is 0 Å². The van der Waals surface area contributed by atoms with E-state index in [1.807, 2.05) is 30.3 Å². The quantitative estimate of drug-likeness (QED) is 0.249. The van der Waals surface area contributed by atoms with Gasteiger partial charge in [-0.25, -0.2) is 14.6 Å². The maximum atomic E-state index is 4.71. The van der Waals surface area contributed by atoms with Crippen molar-refractivity contribution in [2.24, 2.45) is 0 Å². The van der Waals surface area contributed by atoms with Crippen molar-refractivity contribution in [1.29, 1.82) is 0 Å². The highest BCUT2D eigenvalue weighted by Gasteiger charge is 2.06. The van der Waals surface area contributed by atoms with Gasteiger partial charge in [0.15, 0.2) is 5.16 Å². The van der Waals surface area contributed by atoms with Crippen LogP contribution in [0.1, 0.15) is 5.56 Å². The Labute approximate surface area is 153 Å². The Balaban J connectivity index is 1.33. The lowest BCUT2D eigenvalue weighted by Gasteiger charge is -2.02. The van der Waals surface area contributed by atoms with Gasteiger partial charge < -0.3 is 0 Å². The number of nitrogens with zero attached hydrogens (tertiary/aromatic N) is 4. The summed E-state index contributed by atoms with van der Waals surface area (Å²) in [4.78, 5) is 10.1. The molecular weight excluding hydrogens is 380 g/mol. The van der Waals surface area contributed by atoms with E-state index in [1.165, 1.54) is 5.56 Å². The van der Waals surface area contributed by atoms with Crippen molar-refractivity contribution in [2.45, 2.75) is 10.9 Å². The smallest absolute Gasteiger partial charge is 0.199 e. The maximum Gasteiger partial charge on any atom is 0.199 e. The van der Waals surface area contributed by atoms with Crippen molar-refractivity contribution in [2.75, 3.05) is 0 Å². The van der Waals surface area contributed by atoms with Gasteiger partial charge in [0, 0.05) is 11.9 Å². The van der Waals surface area contributed by atoms with Crippen molar-refractivity contribution in [3.8, 4) is 10.6 Å². The fourth-order valence-electron chi connectivity index (χ4n) is 2.01. The summed E-state index contributed by atoms with van der Waals surface area (Å²) in [6.07, 6.45) is 1.81. The normalized spacial score (nSPS) is 11.2.